The molecule has 1 N–H and O–H groups in total. The van der Waals surface area contributed by atoms with E-state index in [1.54, 1.807) is 6.20 Å². The number of rotatable bonds is 7. The summed E-state index contributed by atoms with van der Waals surface area (Å²) >= 11 is 5.73. The zero-order valence-electron chi connectivity index (χ0n) is 16.1. The van der Waals surface area contributed by atoms with Crippen LogP contribution in [-0.4, -0.2) is 26.1 Å². The second-order valence-electron chi connectivity index (χ2n) is 6.84. The van der Waals surface area contributed by atoms with E-state index in [0.717, 1.165) is 36.7 Å². The van der Waals surface area contributed by atoms with Crippen LogP contribution >= 0.6 is 12.2 Å². The lowest BCUT2D eigenvalue weighted by atomic mass is 10.1. The molecule has 0 saturated carbocycles. The lowest BCUT2D eigenvalue weighted by Crippen LogP contribution is -2.35. The third-order valence-corrected chi connectivity index (χ3v) is 4.83. The largest absolute Gasteiger partial charge is 0.464 e. The Bertz CT molecular complexity index is 885. The van der Waals surface area contributed by atoms with Crippen molar-refractivity contribution in [3.05, 3.63) is 71.7 Å². The monoisotopic (exact) mass is 382 g/mol. The van der Waals surface area contributed by atoms with Crippen LogP contribution in [0.15, 0.2) is 53.5 Å². The van der Waals surface area contributed by atoms with E-state index < -0.39 is 0 Å². The van der Waals surface area contributed by atoms with Crippen molar-refractivity contribution in [3.8, 4) is 0 Å². The van der Waals surface area contributed by atoms with E-state index in [-0.39, 0.29) is 0 Å². The molecular formula is C21H26N4OS. The molecule has 0 bridgehead atoms. The zero-order chi connectivity index (χ0) is 19.2. The number of imidazole rings is 1. The summed E-state index contributed by atoms with van der Waals surface area (Å²) in [5.74, 6) is 1.83. The van der Waals surface area contributed by atoms with Gasteiger partial charge in [-0.05, 0) is 68.7 Å². The van der Waals surface area contributed by atoms with Gasteiger partial charge in [0.25, 0.3) is 0 Å². The van der Waals surface area contributed by atoms with Crippen LogP contribution in [0.2, 0.25) is 0 Å². The molecule has 3 aromatic rings. The molecule has 0 fully saturated rings. The quantitative estimate of drug-likeness (QED) is 0.601. The van der Waals surface area contributed by atoms with Gasteiger partial charge in [0, 0.05) is 31.2 Å². The highest BCUT2D eigenvalue weighted by atomic mass is 32.1. The molecule has 0 radical (unpaired) electrons. The number of anilines is 1. The van der Waals surface area contributed by atoms with E-state index >= 15 is 0 Å². The van der Waals surface area contributed by atoms with Gasteiger partial charge in [0.05, 0.1) is 12.9 Å². The molecule has 0 atom stereocenters. The van der Waals surface area contributed by atoms with Gasteiger partial charge < -0.3 is 19.2 Å². The second-order valence-corrected chi connectivity index (χ2v) is 7.22. The van der Waals surface area contributed by atoms with Crippen molar-refractivity contribution in [1.82, 2.24) is 14.5 Å². The van der Waals surface area contributed by atoms with Gasteiger partial charge in [0.2, 0.25) is 0 Å². The minimum atomic E-state index is 0.647. The highest BCUT2D eigenvalue weighted by Gasteiger charge is 2.14. The van der Waals surface area contributed by atoms with Crippen molar-refractivity contribution >= 4 is 23.0 Å². The summed E-state index contributed by atoms with van der Waals surface area (Å²) in [6.45, 7) is 8.51. The van der Waals surface area contributed by atoms with Gasteiger partial charge in [0.15, 0.2) is 5.11 Å². The number of benzene rings is 1. The maximum atomic E-state index is 5.77. The molecule has 2 heterocycles. The number of aromatic nitrogens is 2. The summed E-state index contributed by atoms with van der Waals surface area (Å²) in [4.78, 5) is 6.25. The average molecular weight is 383 g/mol. The number of nitrogens with zero attached hydrogens (tertiary/aromatic N) is 3. The van der Waals surface area contributed by atoms with Crippen molar-refractivity contribution in [2.75, 3.05) is 11.9 Å². The molecule has 0 saturated heterocycles. The van der Waals surface area contributed by atoms with Crippen LogP contribution in [0.25, 0.3) is 0 Å². The normalized spacial score (nSPS) is 10.8. The summed E-state index contributed by atoms with van der Waals surface area (Å²) < 4.78 is 7.84. The number of nitrogens with one attached hydrogen (secondary N) is 1. The lowest BCUT2D eigenvalue weighted by molar-refractivity contribution is 0.348. The summed E-state index contributed by atoms with van der Waals surface area (Å²) in [6, 6.07) is 10.3. The first-order chi connectivity index (χ1) is 13.0. The Morgan fingerprint density at radius 1 is 1.22 bits per heavy atom. The van der Waals surface area contributed by atoms with E-state index in [1.807, 2.05) is 31.6 Å². The second kappa shape index (κ2) is 8.86. The molecular weight excluding hydrogens is 356 g/mol. The Hall–Kier alpha value is -2.60. The minimum Gasteiger partial charge on any atom is -0.464 e. The van der Waals surface area contributed by atoms with Crippen LogP contribution in [0.1, 0.15) is 29.1 Å². The van der Waals surface area contributed by atoms with Crippen molar-refractivity contribution < 1.29 is 4.42 Å². The molecule has 142 valence electrons. The van der Waals surface area contributed by atoms with Gasteiger partial charge in [-0.2, -0.15) is 0 Å². The minimum absolute atomic E-state index is 0.647. The van der Waals surface area contributed by atoms with Crippen LogP contribution in [0, 0.1) is 20.8 Å². The molecule has 0 spiro atoms. The fraction of sp³-hybridized carbons (Fsp3) is 0.333. The third-order valence-electron chi connectivity index (χ3n) is 4.47. The van der Waals surface area contributed by atoms with Crippen molar-refractivity contribution in [2.24, 2.45) is 0 Å². The van der Waals surface area contributed by atoms with Crippen LogP contribution in [0.3, 0.4) is 0 Å². The fourth-order valence-corrected chi connectivity index (χ4v) is 3.20. The molecule has 0 aliphatic heterocycles. The number of hydrogen-bond donors (Lipinski definition) is 1. The maximum absolute atomic E-state index is 5.77. The van der Waals surface area contributed by atoms with Crippen LogP contribution in [-0.2, 0) is 13.1 Å². The van der Waals surface area contributed by atoms with Gasteiger partial charge in [-0.15, -0.1) is 0 Å². The van der Waals surface area contributed by atoms with Crippen LogP contribution < -0.4 is 5.32 Å². The van der Waals surface area contributed by atoms with Gasteiger partial charge in [-0.1, -0.05) is 12.1 Å². The summed E-state index contributed by atoms with van der Waals surface area (Å²) in [7, 11) is 0. The Labute approximate surface area is 166 Å². The molecule has 0 aliphatic rings. The topological polar surface area (TPSA) is 46.2 Å². The Balaban J connectivity index is 1.68. The summed E-state index contributed by atoms with van der Waals surface area (Å²) in [5.41, 5.74) is 3.43. The molecule has 0 amide bonds. The molecule has 0 aliphatic carbocycles. The van der Waals surface area contributed by atoms with Gasteiger partial charge in [-0.25, -0.2) is 4.98 Å². The summed E-state index contributed by atoms with van der Waals surface area (Å²) in [5, 5.41) is 4.13. The number of thiocarbonyl (C=S) groups is 1. The standard InChI is InChI=1S/C21H26N4OS/c1-16-5-6-17(2)20(13-16)23-21(27)25(14-19-8-7-18(3)26-19)11-4-10-24-12-9-22-15-24/h5-9,12-13,15H,4,10-11,14H2,1-3H3,(H,23,27). The first-order valence-electron chi connectivity index (χ1n) is 9.15. The lowest BCUT2D eigenvalue weighted by Gasteiger charge is -2.26. The van der Waals surface area contributed by atoms with Crippen molar-refractivity contribution in [1.29, 1.82) is 0 Å². The van der Waals surface area contributed by atoms with E-state index in [4.69, 9.17) is 16.6 Å². The van der Waals surface area contributed by atoms with Crippen LogP contribution in [0.4, 0.5) is 5.69 Å². The summed E-state index contributed by atoms with van der Waals surface area (Å²) in [6.07, 6.45) is 6.58. The molecule has 2 aromatic heterocycles. The number of furan rings is 1. The van der Waals surface area contributed by atoms with E-state index in [2.05, 4.69) is 51.8 Å². The highest BCUT2D eigenvalue weighted by Crippen LogP contribution is 2.18. The van der Waals surface area contributed by atoms with Gasteiger partial charge in [0.1, 0.15) is 11.5 Å². The molecule has 27 heavy (non-hydrogen) atoms. The molecule has 6 heteroatoms. The van der Waals surface area contributed by atoms with Crippen molar-refractivity contribution in [3.63, 3.8) is 0 Å². The Morgan fingerprint density at radius 2 is 2.07 bits per heavy atom. The SMILES string of the molecule is Cc1ccc(C)c(NC(=S)N(CCCn2ccnc2)Cc2ccc(C)o2)c1. The van der Waals surface area contributed by atoms with Crippen molar-refractivity contribution in [2.45, 2.75) is 40.3 Å². The van der Waals surface area contributed by atoms with E-state index in [1.165, 1.54) is 11.1 Å². The van der Waals surface area contributed by atoms with Crippen LogP contribution in [0.5, 0.6) is 0 Å². The zero-order valence-corrected chi connectivity index (χ0v) is 16.9. The maximum Gasteiger partial charge on any atom is 0.173 e. The molecule has 1 aromatic carbocycles. The van der Waals surface area contributed by atoms with Gasteiger partial charge in [-0.3, -0.25) is 0 Å². The predicted octanol–water partition coefficient (Wildman–Crippen LogP) is 4.69. The van der Waals surface area contributed by atoms with E-state index in [0.29, 0.717) is 11.7 Å². The average Bonchev–Trinajstić information content (AvgIpc) is 3.29. The third kappa shape index (κ3) is 5.44. The predicted molar refractivity (Wildman–Crippen MR) is 113 cm³/mol. The van der Waals surface area contributed by atoms with E-state index in [9.17, 15) is 0 Å². The fourth-order valence-electron chi connectivity index (χ4n) is 2.94. The molecule has 3 rings (SSSR count). The number of aryl methyl sites for hydroxylation is 4. The first-order valence-corrected chi connectivity index (χ1v) is 9.56. The van der Waals surface area contributed by atoms with Gasteiger partial charge >= 0.3 is 0 Å². The Kier molecular flexibility index (Phi) is 6.29. The number of hydrogen-bond acceptors (Lipinski definition) is 3. The molecule has 5 nitrogen and oxygen atoms in total. The highest BCUT2D eigenvalue weighted by molar-refractivity contribution is 7.80. The molecule has 0 unspecified atom stereocenters. The first kappa shape index (κ1) is 19.2. The smallest absolute Gasteiger partial charge is 0.173 e. The Morgan fingerprint density at radius 3 is 2.78 bits per heavy atom.